The number of hydrogen-bond acceptors (Lipinski definition) is 5. The van der Waals surface area contributed by atoms with Gasteiger partial charge in [0, 0.05) is 26.0 Å². The Morgan fingerprint density at radius 1 is 0.857 bits per heavy atom. The van der Waals surface area contributed by atoms with Gasteiger partial charge in [-0.25, -0.2) is 4.79 Å². The number of ether oxygens (including phenoxy) is 2. The van der Waals surface area contributed by atoms with Gasteiger partial charge in [0.25, 0.3) is 0 Å². The fourth-order valence-electron chi connectivity index (χ4n) is 2.50. The first kappa shape index (κ1) is 19.2. The fraction of sp³-hybridized carbons (Fsp3) is 0.130. The van der Waals surface area contributed by atoms with Gasteiger partial charge < -0.3 is 14.4 Å². The summed E-state index contributed by atoms with van der Waals surface area (Å²) in [6.45, 7) is 0. The van der Waals surface area contributed by atoms with Gasteiger partial charge in [0.1, 0.15) is 11.5 Å². The Morgan fingerprint density at radius 2 is 1.46 bits per heavy atom. The Balaban J connectivity index is 1.61. The highest BCUT2D eigenvalue weighted by atomic mass is 16.5. The number of carbonyl (C=O) groups excluding carboxylic acids is 1. The average molecular weight is 374 g/mol. The van der Waals surface area contributed by atoms with Crippen molar-refractivity contribution in [1.82, 2.24) is 0 Å². The van der Waals surface area contributed by atoms with Crippen LogP contribution in [0.15, 0.2) is 77.8 Å². The number of methoxy groups -OCH3 is 1. The molecule has 0 aromatic heterocycles. The minimum Gasteiger partial charge on any atom is -0.497 e. The maximum absolute atomic E-state index is 12.2. The van der Waals surface area contributed by atoms with Gasteiger partial charge in [-0.1, -0.05) is 0 Å². The number of esters is 1. The van der Waals surface area contributed by atoms with Crippen molar-refractivity contribution < 1.29 is 14.3 Å². The zero-order valence-electron chi connectivity index (χ0n) is 16.1. The van der Waals surface area contributed by atoms with E-state index in [0.717, 1.165) is 16.9 Å². The predicted molar refractivity (Wildman–Crippen MR) is 112 cm³/mol. The van der Waals surface area contributed by atoms with Crippen LogP contribution >= 0.6 is 0 Å². The Bertz CT molecular complexity index is 945. The SMILES string of the molecule is COc1ccc(C(=O)Oc2ccc(C=Nc3ccc(N(C)C)cc3)cc2)cc1. The summed E-state index contributed by atoms with van der Waals surface area (Å²) in [4.78, 5) is 18.7. The number of carbonyl (C=O) groups is 1. The maximum Gasteiger partial charge on any atom is 0.343 e. The summed E-state index contributed by atoms with van der Waals surface area (Å²) in [6.07, 6.45) is 1.78. The molecular formula is C23H22N2O3. The van der Waals surface area contributed by atoms with E-state index in [4.69, 9.17) is 9.47 Å². The van der Waals surface area contributed by atoms with Crippen molar-refractivity contribution in [3.63, 3.8) is 0 Å². The van der Waals surface area contributed by atoms with Gasteiger partial charge in [0.2, 0.25) is 0 Å². The predicted octanol–water partition coefficient (Wildman–Crippen LogP) is 4.73. The number of rotatable bonds is 6. The highest BCUT2D eigenvalue weighted by Gasteiger charge is 2.08. The summed E-state index contributed by atoms with van der Waals surface area (Å²) in [6, 6.07) is 22.0. The van der Waals surface area contributed by atoms with Gasteiger partial charge in [-0.3, -0.25) is 4.99 Å². The standard InChI is InChI=1S/C23H22N2O3/c1-25(2)20-10-8-19(9-11-20)24-16-17-4-12-22(13-5-17)28-23(26)18-6-14-21(27-3)15-7-18/h4-16H,1-3H3. The molecule has 0 aliphatic rings. The lowest BCUT2D eigenvalue weighted by atomic mass is 10.2. The molecule has 0 fully saturated rings. The van der Waals surface area contributed by atoms with Gasteiger partial charge in [-0.15, -0.1) is 0 Å². The van der Waals surface area contributed by atoms with Gasteiger partial charge in [-0.05, 0) is 78.4 Å². The van der Waals surface area contributed by atoms with Crippen molar-refractivity contribution in [3.05, 3.63) is 83.9 Å². The quantitative estimate of drug-likeness (QED) is 0.356. The van der Waals surface area contributed by atoms with Crippen LogP contribution in [0.3, 0.4) is 0 Å². The van der Waals surface area contributed by atoms with Crippen LogP contribution < -0.4 is 14.4 Å². The molecule has 0 heterocycles. The van der Waals surface area contributed by atoms with Gasteiger partial charge in [0.15, 0.2) is 0 Å². The lowest BCUT2D eigenvalue weighted by Crippen LogP contribution is -2.08. The van der Waals surface area contributed by atoms with E-state index in [1.54, 1.807) is 49.7 Å². The molecule has 0 unspecified atom stereocenters. The summed E-state index contributed by atoms with van der Waals surface area (Å²) in [5.41, 5.74) is 3.39. The monoisotopic (exact) mass is 374 g/mol. The first-order valence-corrected chi connectivity index (χ1v) is 8.83. The number of aliphatic imine (C=N–C) groups is 1. The van der Waals surface area contributed by atoms with Crippen LogP contribution in [0.5, 0.6) is 11.5 Å². The Morgan fingerprint density at radius 3 is 2.04 bits per heavy atom. The van der Waals surface area contributed by atoms with Crippen LogP contribution in [0.1, 0.15) is 15.9 Å². The Kier molecular flexibility index (Phi) is 6.07. The molecular weight excluding hydrogens is 352 g/mol. The van der Waals surface area contributed by atoms with Gasteiger partial charge in [0.05, 0.1) is 18.4 Å². The van der Waals surface area contributed by atoms with Crippen LogP contribution in [0, 0.1) is 0 Å². The van der Waals surface area contributed by atoms with E-state index in [1.807, 2.05) is 55.4 Å². The third-order valence-electron chi connectivity index (χ3n) is 4.15. The maximum atomic E-state index is 12.2. The van der Waals surface area contributed by atoms with E-state index in [1.165, 1.54) is 0 Å². The molecule has 0 spiro atoms. The van der Waals surface area contributed by atoms with E-state index >= 15 is 0 Å². The normalized spacial score (nSPS) is 10.7. The van der Waals surface area contributed by atoms with E-state index in [0.29, 0.717) is 17.1 Å². The van der Waals surface area contributed by atoms with Gasteiger partial charge >= 0.3 is 5.97 Å². The molecule has 3 aromatic rings. The molecule has 0 atom stereocenters. The van der Waals surface area contributed by atoms with E-state index < -0.39 is 5.97 Å². The zero-order chi connectivity index (χ0) is 19.9. The second kappa shape index (κ2) is 8.86. The molecule has 0 bridgehead atoms. The summed E-state index contributed by atoms with van der Waals surface area (Å²) < 4.78 is 10.5. The minimum atomic E-state index is -0.412. The van der Waals surface area contributed by atoms with Crippen molar-refractivity contribution in [2.75, 3.05) is 26.1 Å². The summed E-state index contributed by atoms with van der Waals surface area (Å²) in [5, 5.41) is 0. The second-order valence-electron chi connectivity index (χ2n) is 6.36. The summed E-state index contributed by atoms with van der Waals surface area (Å²) in [7, 11) is 5.58. The molecule has 0 aliphatic carbocycles. The summed E-state index contributed by atoms with van der Waals surface area (Å²) in [5.74, 6) is 0.759. The molecule has 0 aliphatic heterocycles. The molecule has 28 heavy (non-hydrogen) atoms. The molecule has 0 radical (unpaired) electrons. The van der Waals surface area contributed by atoms with E-state index in [9.17, 15) is 4.79 Å². The van der Waals surface area contributed by atoms with Crippen molar-refractivity contribution in [3.8, 4) is 11.5 Å². The molecule has 5 heteroatoms. The van der Waals surface area contributed by atoms with Crippen molar-refractivity contribution in [2.24, 2.45) is 4.99 Å². The lowest BCUT2D eigenvalue weighted by molar-refractivity contribution is 0.0734. The minimum absolute atomic E-state index is 0.412. The zero-order valence-corrected chi connectivity index (χ0v) is 16.1. The van der Waals surface area contributed by atoms with Crippen molar-refractivity contribution in [1.29, 1.82) is 0 Å². The van der Waals surface area contributed by atoms with Crippen LogP contribution in [0.25, 0.3) is 0 Å². The third kappa shape index (κ3) is 4.98. The summed E-state index contributed by atoms with van der Waals surface area (Å²) >= 11 is 0. The molecule has 0 saturated heterocycles. The average Bonchev–Trinajstić information content (AvgIpc) is 2.73. The second-order valence-corrected chi connectivity index (χ2v) is 6.36. The van der Waals surface area contributed by atoms with Crippen LogP contribution in [0.2, 0.25) is 0 Å². The molecule has 0 saturated carbocycles. The molecule has 0 amide bonds. The van der Waals surface area contributed by atoms with E-state index in [-0.39, 0.29) is 0 Å². The van der Waals surface area contributed by atoms with Crippen molar-refractivity contribution >= 4 is 23.6 Å². The fourth-order valence-corrected chi connectivity index (χ4v) is 2.50. The topological polar surface area (TPSA) is 51.1 Å². The first-order chi connectivity index (χ1) is 13.5. The number of benzene rings is 3. The molecule has 142 valence electrons. The largest absolute Gasteiger partial charge is 0.497 e. The highest BCUT2D eigenvalue weighted by Crippen LogP contribution is 2.19. The Labute approximate surface area is 164 Å². The van der Waals surface area contributed by atoms with Crippen LogP contribution in [-0.2, 0) is 0 Å². The first-order valence-electron chi connectivity index (χ1n) is 8.83. The Hall–Kier alpha value is -3.60. The molecule has 3 aromatic carbocycles. The van der Waals surface area contributed by atoms with Crippen LogP contribution in [0.4, 0.5) is 11.4 Å². The van der Waals surface area contributed by atoms with Crippen LogP contribution in [-0.4, -0.2) is 33.4 Å². The number of nitrogens with zero attached hydrogens (tertiary/aromatic N) is 2. The third-order valence-corrected chi connectivity index (χ3v) is 4.15. The molecule has 5 nitrogen and oxygen atoms in total. The smallest absolute Gasteiger partial charge is 0.343 e. The molecule has 3 rings (SSSR count). The number of hydrogen-bond donors (Lipinski definition) is 0. The highest BCUT2D eigenvalue weighted by molar-refractivity contribution is 5.91. The van der Waals surface area contributed by atoms with E-state index in [2.05, 4.69) is 4.99 Å². The lowest BCUT2D eigenvalue weighted by Gasteiger charge is -2.11. The number of anilines is 1. The van der Waals surface area contributed by atoms with Crippen molar-refractivity contribution in [2.45, 2.75) is 0 Å². The molecule has 0 N–H and O–H groups in total. The van der Waals surface area contributed by atoms with Gasteiger partial charge in [-0.2, -0.15) is 0 Å².